The topological polar surface area (TPSA) is 85.1 Å². The van der Waals surface area contributed by atoms with E-state index in [2.05, 4.69) is 32.2 Å². The van der Waals surface area contributed by atoms with E-state index < -0.39 is 0 Å². The molecule has 0 aliphatic heterocycles. The van der Waals surface area contributed by atoms with E-state index in [0.717, 1.165) is 28.2 Å². The molecular formula is C21H19N5O2. The largest absolute Gasteiger partial charge is 0.497 e. The van der Waals surface area contributed by atoms with E-state index in [1.807, 2.05) is 55.5 Å². The first-order chi connectivity index (χ1) is 13.6. The van der Waals surface area contributed by atoms with Crippen LogP contribution in [0.15, 0.2) is 65.7 Å². The molecule has 0 amide bonds. The molecule has 0 radical (unpaired) electrons. The number of aryl methyl sites for hydroxylation is 1. The number of methoxy groups -OCH3 is 1. The first-order valence-corrected chi connectivity index (χ1v) is 8.69. The summed E-state index contributed by atoms with van der Waals surface area (Å²) in [5, 5.41) is 6.25. The maximum atomic E-state index is 5.65. The third-order valence-corrected chi connectivity index (χ3v) is 4.20. The Morgan fingerprint density at radius 3 is 2.57 bits per heavy atom. The van der Waals surface area contributed by atoms with Gasteiger partial charge in [0.05, 0.1) is 12.8 Å². The number of rotatable bonds is 6. The van der Waals surface area contributed by atoms with Gasteiger partial charge in [0, 0.05) is 23.1 Å². The highest BCUT2D eigenvalue weighted by Gasteiger charge is 2.10. The van der Waals surface area contributed by atoms with Crippen LogP contribution in [0, 0.1) is 6.92 Å². The van der Waals surface area contributed by atoms with Gasteiger partial charge in [-0.15, -0.1) is 0 Å². The van der Waals surface area contributed by atoms with Crippen LogP contribution in [0.5, 0.6) is 5.75 Å². The fraction of sp³-hybridized carbons (Fsp3) is 0.0952. The zero-order valence-electron chi connectivity index (χ0n) is 15.6. The Labute approximate surface area is 162 Å². The van der Waals surface area contributed by atoms with E-state index >= 15 is 0 Å². The number of para-hydroxylation sites is 2. The molecule has 0 fully saturated rings. The van der Waals surface area contributed by atoms with Crippen LogP contribution >= 0.6 is 0 Å². The molecule has 4 rings (SSSR count). The quantitative estimate of drug-likeness (QED) is 0.504. The summed E-state index contributed by atoms with van der Waals surface area (Å²) in [6.07, 6.45) is 1.71. The summed E-state index contributed by atoms with van der Waals surface area (Å²) in [6.45, 7) is 5.99. The zero-order valence-corrected chi connectivity index (χ0v) is 15.6. The number of hydrogen-bond donors (Lipinski definition) is 2. The molecule has 0 aliphatic rings. The summed E-state index contributed by atoms with van der Waals surface area (Å²) in [5.41, 5.74) is 4.68. The number of benzene rings is 2. The first kappa shape index (κ1) is 17.5. The van der Waals surface area contributed by atoms with Crippen molar-refractivity contribution in [3.05, 3.63) is 72.6 Å². The van der Waals surface area contributed by atoms with Gasteiger partial charge in [-0.2, -0.15) is 4.98 Å². The second-order valence-electron chi connectivity index (χ2n) is 6.14. The molecule has 2 aromatic carbocycles. The van der Waals surface area contributed by atoms with Gasteiger partial charge in [0.15, 0.2) is 5.58 Å². The molecule has 0 saturated heterocycles. The number of nitrogens with one attached hydrogen (secondary N) is 2. The van der Waals surface area contributed by atoms with E-state index in [0.29, 0.717) is 23.2 Å². The first-order valence-electron chi connectivity index (χ1n) is 8.69. The summed E-state index contributed by atoms with van der Waals surface area (Å²) in [5.74, 6) is 1.20. The molecule has 4 aromatic rings. The zero-order chi connectivity index (χ0) is 19.5. The highest BCUT2D eigenvalue weighted by atomic mass is 16.5. The minimum atomic E-state index is 0.350. The van der Waals surface area contributed by atoms with Crippen LogP contribution in [-0.4, -0.2) is 22.1 Å². The fourth-order valence-electron chi connectivity index (χ4n) is 2.76. The fourth-order valence-corrected chi connectivity index (χ4v) is 2.76. The number of fused-ring (bicyclic) bond motifs is 1. The van der Waals surface area contributed by atoms with Gasteiger partial charge in [-0.05, 0) is 43.3 Å². The minimum Gasteiger partial charge on any atom is -0.497 e. The number of aromatic nitrogens is 3. The van der Waals surface area contributed by atoms with E-state index in [9.17, 15) is 0 Å². The molecule has 0 aliphatic carbocycles. The molecule has 2 aromatic heterocycles. The molecule has 0 saturated carbocycles. The molecule has 140 valence electrons. The molecule has 2 N–H and O–H groups in total. The Hall–Kier alpha value is -3.87. The van der Waals surface area contributed by atoms with Gasteiger partial charge in [0.25, 0.3) is 0 Å². The average molecular weight is 373 g/mol. The summed E-state index contributed by atoms with van der Waals surface area (Å²) >= 11 is 0. The maximum absolute atomic E-state index is 5.65. The Morgan fingerprint density at radius 1 is 1.07 bits per heavy atom. The lowest BCUT2D eigenvalue weighted by atomic mass is 10.2. The van der Waals surface area contributed by atoms with Crippen molar-refractivity contribution in [2.45, 2.75) is 6.92 Å². The van der Waals surface area contributed by atoms with Gasteiger partial charge >= 0.3 is 6.01 Å². The van der Waals surface area contributed by atoms with Crippen LogP contribution in [0.3, 0.4) is 0 Å². The molecule has 7 nitrogen and oxygen atoms in total. The average Bonchev–Trinajstić information content (AvgIpc) is 3.11. The van der Waals surface area contributed by atoms with Gasteiger partial charge in [-0.25, -0.2) is 9.97 Å². The van der Waals surface area contributed by atoms with Crippen molar-refractivity contribution in [2.75, 3.05) is 17.7 Å². The van der Waals surface area contributed by atoms with E-state index in [1.165, 1.54) is 0 Å². The van der Waals surface area contributed by atoms with E-state index in [1.54, 1.807) is 13.3 Å². The summed E-state index contributed by atoms with van der Waals surface area (Å²) in [4.78, 5) is 13.2. The van der Waals surface area contributed by atoms with Crippen LogP contribution in [0.25, 0.3) is 16.8 Å². The third-order valence-electron chi connectivity index (χ3n) is 4.20. The normalized spacial score (nSPS) is 10.6. The monoisotopic (exact) mass is 373 g/mol. The molecule has 7 heteroatoms. The molecule has 2 heterocycles. The van der Waals surface area contributed by atoms with Gasteiger partial charge in [0.1, 0.15) is 11.3 Å². The van der Waals surface area contributed by atoms with Crippen molar-refractivity contribution in [2.24, 2.45) is 0 Å². The van der Waals surface area contributed by atoms with Crippen molar-refractivity contribution < 1.29 is 9.15 Å². The SMILES string of the molecule is C=C(Nc1ccc(OC)cc1)c1cnc(Nc2nc3ccccc3o2)nc1C. The van der Waals surface area contributed by atoms with Crippen molar-refractivity contribution in [3.8, 4) is 5.75 Å². The predicted octanol–water partition coefficient (Wildman–Crippen LogP) is 4.76. The number of oxazole rings is 1. The number of nitrogens with zero attached hydrogens (tertiary/aromatic N) is 3. The van der Waals surface area contributed by atoms with Crippen LogP contribution in [0.4, 0.5) is 17.7 Å². The Kier molecular flexibility index (Phi) is 4.63. The van der Waals surface area contributed by atoms with E-state index in [-0.39, 0.29) is 0 Å². The van der Waals surface area contributed by atoms with Crippen molar-refractivity contribution in [1.29, 1.82) is 0 Å². The highest BCUT2D eigenvalue weighted by Crippen LogP contribution is 2.23. The van der Waals surface area contributed by atoms with Gasteiger partial charge in [0.2, 0.25) is 5.95 Å². The highest BCUT2D eigenvalue weighted by molar-refractivity contribution is 5.77. The minimum absolute atomic E-state index is 0.350. The van der Waals surface area contributed by atoms with Gasteiger partial charge in [-0.1, -0.05) is 18.7 Å². The Balaban J connectivity index is 1.49. The lowest BCUT2D eigenvalue weighted by Gasteiger charge is -2.12. The predicted molar refractivity (Wildman–Crippen MR) is 110 cm³/mol. The Morgan fingerprint density at radius 2 is 1.86 bits per heavy atom. The second kappa shape index (κ2) is 7.40. The number of ether oxygens (including phenoxy) is 1. The van der Waals surface area contributed by atoms with Crippen molar-refractivity contribution in [3.63, 3.8) is 0 Å². The van der Waals surface area contributed by atoms with Crippen LogP contribution in [0.1, 0.15) is 11.3 Å². The van der Waals surface area contributed by atoms with Gasteiger partial charge in [-0.3, -0.25) is 5.32 Å². The number of hydrogen-bond acceptors (Lipinski definition) is 7. The number of anilines is 3. The molecular weight excluding hydrogens is 354 g/mol. The lowest BCUT2D eigenvalue weighted by Crippen LogP contribution is -2.05. The molecule has 0 atom stereocenters. The molecule has 0 bridgehead atoms. The van der Waals surface area contributed by atoms with Gasteiger partial charge < -0.3 is 14.5 Å². The molecule has 0 spiro atoms. The van der Waals surface area contributed by atoms with Crippen LogP contribution in [0.2, 0.25) is 0 Å². The summed E-state index contributed by atoms with van der Waals surface area (Å²) in [7, 11) is 1.64. The summed E-state index contributed by atoms with van der Waals surface area (Å²) < 4.78 is 10.8. The molecule has 0 unspecified atom stereocenters. The summed E-state index contributed by atoms with van der Waals surface area (Å²) in [6, 6.07) is 15.5. The molecule has 28 heavy (non-hydrogen) atoms. The van der Waals surface area contributed by atoms with Crippen molar-refractivity contribution >= 4 is 34.4 Å². The maximum Gasteiger partial charge on any atom is 0.302 e. The van der Waals surface area contributed by atoms with Crippen molar-refractivity contribution in [1.82, 2.24) is 15.0 Å². The Bertz CT molecular complexity index is 1100. The van der Waals surface area contributed by atoms with Crippen LogP contribution in [-0.2, 0) is 0 Å². The smallest absolute Gasteiger partial charge is 0.302 e. The standard InChI is InChI=1S/C21H19N5O2/c1-13(23-15-8-10-16(27-3)11-9-15)17-12-22-20(24-14(17)2)26-21-25-18-6-4-5-7-19(18)28-21/h4-12,23H,1H2,2-3H3,(H,22,24,25,26). The third kappa shape index (κ3) is 3.64. The second-order valence-corrected chi connectivity index (χ2v) is 6.14. The van der Waals surface area contributed by atoms with Crippen LogP contribution < -0.4 is 15.4 Å². The lowest BCUT2D eigenvalue weighted by molar-refractivity contribution is 0.415. The van der Waals surface area contributed by atoms with E-state index in [4.69, 9.17) is 9.15 Å².